The van der Waals surface area contributed by atoms with Crippen LogP contribution in [-0.4, -0.2) is 25.3 Å². The Labute approximate surface area is 107 Å². The van der Waals surface area contributed by atoms with Crippen molar-refractivity contribution in [3.05, 3.63) is 29.3 Å². The number of halogens is 1. The van der Waals surface area contributed by atoms with Gasteiger partial charge in [0.1, 0.15) is 4.90 Å². The minimum Gasteiger partial charge on any atom is -0.207 e. The van der Waals surface area contributed by atoms with Crippen molar-refractivity contribution in [2.24, 2.45) is 0 Å². The Bertz CT molecular complexity index is 501. The molecule has 2 rings (SSSR count). The number of hydrogen-bond donors (Lipinski definition) is 0. The molecule has 0 amide bonds. The maximum Gasteiger partial charge on any atom is 0.244 e. The van der Waals surface area contributed by atoms with Crippen molar-refractivity contribution in [2.75, 3.05) is 6.54 Å². The van der Waals surface area contributed by atoms with Crippen LogP contribution in [0.4, 0.5) is 0 Å². The molecule has 94 valence electrons. The summed E-state index contributed by atoms with van der Waals surface area (Å²) in [7, 11) is -3.44. The van der Waals surface area contributed by atoms with E-state index in [0.717, 1.165) is 19.3 Å². The van der Waals surface area contributed by atoms with Gasteiger partial charge in [-0.25, -0.2) is 8.42 Å². The molecule has 0 saturated carbocycles. The maximum atomic E-state index is 12.5. The summed E-state index contributed by atoms with van der Waals surface area (Å²) in [6.45, 7) is 2.54. The second-order valence-corrected chi connectivity index (χ2v) is 6.66. The first-order chi connectivity index (χ1) is 8.03. The predicted molar refractivity (Wildman–Crippen MR) is 68.7 cm³/mol. The van der Waals surface area contributed by atoms with E-state index in [1.165, 1.54) is 0 Å². The first kappa shape index (κ1) is 12.9. The smallest absolute Gasteiger partial charge is 0.207 e. The van der Waals surface area contributed by atoms with Crippen LogP contribution >= 0.6 is 11.6 Å². The number of rotatable bonds is 2. The zero-order valence-electron chi connectivity index (χ0n) is 9.77. The monoisotopic (exact) mass is 273 g/mol. The molecule has 1 atom stereocenters. The maximum absolute atomic E-state index is 12.5. The van der Waals surface area contributed by atoms with E-state index in [1.54, 1.807) is 28.6 Å². The average Bonchev–Trinajstić information content (AvgIpc) is 2.29. The van der Waals surface area contributed by atoms with E-state index in [2.05, 4.69) is 0 Å². The third-order valence-corrected chi connectivity index (χ3v) is 5.68. The highest BCUT2D eigenvalue weighted by Crippen LogP contribution is 2.28. The average molecular weight is 274 g/mol. The van der Waals surface area contributed by atoms with Crippen LogP contribution < -0.4 is 0 Å². The second-order valence-electron chi connectivity index (χ2n) is 4.39. The summed E-state index contributed by atoms with van der Waals surface area (Å²) >= 11 is 5.97. The van der Waals surface area contributed by atoms with Crippen LogP contribution in [0.25, 0.3) is 0 Å². The molecule has 1 aliphatic rings. The molecule has 1 fully saturated rings. The van der Waals surface area contributed by atoms with Gasteiger partial charge < -0.3 is 0 Å². The summed E-state index contributed by atoms with van der Waals surface area (Å²) in [5.41, 5.74) is 0. The molecule has 1 aromatic rings. The molecule has 0 aliphatic carbocycles. The van der Waals surface area contributed by atoms with Gasteiger partial charge in [-0.15, -0.1) is 0 Å². The van der Waals surface area contributed by atoms with Crippen LogP contribution in [0, 0.1) is 0 Å². The van der Waals surface area contributed by atoms with Crippen LogP contribution in [0.3, 0.4) is 0 Å². The van der Waals surface area contributed by atoms with Crippen molar-refractivity contribution in [1.29, 1.82) is 0 Å². The molecular weight excluding hydrogens is 258 g/mol. The van der Waals surface area contributed by atoms with Gasteiger partial charge in [0, 0.05) is 12.6 Å². The predicted octanol–water partition coefficient (Wildman–Crippen LogP) is 2.90. The zero-order valence-corrected chi connectivity index (χ0v) is 11.3. The van der Waals surface area contributed by atoms with Gasteiger partial charge in [0.15, 0.2) is 0 Å². The summed E-state index contributed by atoms with van der Waals surface area (Å²) in [6.07, 6.45) is 2.94. The lowest BCUT2D eigenvalue weighted by molar-refractivity contribution is 0.268. The van der Waals surface area contributed by atoms with Crippen molar-refractivity contribution in [3.63, 3.8) is 0 Å². The van der Waals surface area contributed by atoms with Crippen LogP contribution in [0.15, 0.2) is 29.2 Å². The Morgan fingerprint density at radius 2 is 2.00 bits per heavy atom. The lowest BCUT2D eigenvalue weighted by Crippen LogP contribution is -2.41. The first-order valence-corrected chi connectivity index (χ1v) is 7.61. The molecule has 1 saturated heterocycles. The number of hydrogen-bond acceptors (Lipinski definition) is 2. The molecule has 3 nitrogen and oxygen atoms in total. The highest BCUT2D eigenvalue weighted by atomic mass is 35.5. The third-order valence-electron chi connectivity index (χ3n) is 3.17. The molecular formula is C12H16ClNO2S. The fourth-order valence-electron chi connectivity index (χ4n) is 2.21. The standard InChI is InChI=1S/C12H16ClNO2S/c1-10-6-4-5-9-14(10)17(15,16)12-8-3-2-7-11(12)13/h2-3,7-8,10H,4-6,9H2,1H3. The minimum atomic E-state index is -3.44. The van der Waals surface area contributed by atoms with Crippen molar-refractivity contribution in [3.8, 4) is 0 Å². The number of nitrogens with zero attached hydrogens (tertiary/aromatic N) is 1. The normalized spacial score (nSPS) is 22.6. The van der Waals surface area contributed by atoms with Crippen molar-refractivity contribution in [1.82, 2.24) is 4.31 Å². The molecule has 0 bridgehead atoms. The van der Waals surface area contributed by atoms with Crippen molar-refractivity contribution in [2.45, 2.75) is 37.1 Å². The lowest BCUT2D eigenvalue weighted by Gasteiger charge is -2.32. The largest absolute Gasteiger partial charge is 0.244 e. The van der Waals surface area contributed by atoms with E-state index < -0.39 is 10.0 Å². The molecule has 1 unspecified atom stereocenters. The van der Waals surface area contributed by atoms with E-state index in [0.29, 0.717) is 11.6 Å². The van der Waals surface area contributed by atoms with E-state index in [-0.39, 0.29) is 10.9 Å². The molecule has 0 spiro atoms. The van der Waals surface area contributed by atoms with Gasteiger partial charge in [-0.1, -0.05) is 30.2 Å². The third kappa shape index (κ3) is 2.49. The molecule has 1 aliphatic heterocycles. The van der Waals surface area contributed by atoms with Crippen molar-refractivity contribution >= 4 is 21.6 Å². The second kappa shape index (κ2) is 4.96. The van der Waals surface area contributed by atoms with Gasteiger partial charge in [0.25, 0.3) is 0 Å². The first-order valence-electron chi connectivity index (χ1n) is 5.80. The van der Waals surface area contributed by atoms with E-state index in [4.69, 9.17) is 11.6 Å². The highest BCUT2D eigenvalue weighted by molar-refractivity contribution is 7.89. The summed E-state index contributed by atoms with van der Waals surface area (Å²) in [5.74, 6) is 0. The van der Waals surface area contributed by atoms with Crippen LogP contribution in [-0.2, 0) is 10.0 Å². The molecule has 1 heterocycles. The summed E-state index contributed by atoms with van der Waals surface area (Å²) in [6, 6.07) is 6.68. The Kier molecular flexibility index (Phi) is 3.76. The summed E-state index contributed by atoms with van der Waals surface area (Å²) in [5, 5.41) is 0.297. The Hall–Kier alpha value is -0.580. The fraction of sp³-hybridized carbons (Fsp3) is 0.500. The topological polar surface area (TPSA) is 37.4 Å². The SMILES string of the molecule is CC1CCCCN1S(=O)(=O)c1ccccc1Cl. The fourth-order valence-corrected chi connectivity index (χ4v) is 4.40. The highest BCUT2D eigenvalue weighted by Gasteiger charge is 2.31. The van der Waals surface area contributed by atoms with E-state index in [1.807, 2.05) is 6.92 Å². The van der Waals surface area contributed by atoms with Gasteiger partial charge in [-0.2, -0.15) is 4.31 Å². The summed E-state index contributed by atoms with van der Waals surface area (Å²) < 4.78 is 26.5. The number of benzene rings is 1. The molecule has 0 N–H and O–H groups in total. The molecule has 0 radical (unpaired) electrons. The van der Waals surface area contributed by atoms with E-state index in [9.17, 15) is 8.42 Å². The summed E-state index contributed by atoms with van der Waals surface area (Å²) in [4.78, 5) is 0.218. The van der Waals surface area contributed by atoms with Gasteiger partial charge in [0.05, 0.1) is 5.02 Å². The lowest BCUT2D eigenvalue weighted by atomic mass is 10.1. The number of piperidine rings is 1. The van der Waals surface area contributed by atoms with Crippen LogP contribution in [0.5, 0.6) is 0 Å². The Morgan fingerprint density at radius 3 is 2.65 bits per heavy atom. The van der Waals surface area contributed by atoms with Crippen molar-refractivity contribution < 1.29 is 8.42 Å². The Morgan fingerprint density at radius 1 is 1.29 bits per heavy atom. The molecule has 1 aromatic carbocycles. The Balaban J connectivity index is 2.39. The van der Waals surface area contributed by atoms with E-state index >= 15 is 0 Å². The zero-order chi connectivity index (χ0) is 12.5. The molecule has 17 heavy (non-hydrogen) atoms. The van der Waals surface area contributed by atoms with Crippen LogP contribution in [0.1, 0.15) is 26.2 Å². The van der Waals surface area contributed by atoms with Crippen LogP contribution in [0.2, 0.25) is 5.02 Å². The number of sulfonamides is 1. The van der Waals surface area contributed by atoms with Gasteiger partial charge >= 0.3 is 0 Å². The molecule has 0 aromatic heterocycles. The minimum absolute atomic E-state index is 0.0602. The van der Waals surface area contributed by atoms with Gasteiger partial charge in [0.2, 0.25) is 10.0 Å². The molecule has 5 heteroatoms. The van der Waals surface area contributed by atoms with Gasteiger partial charge in [-0.3, -0.25) is 0 Å². The quantitative estimate of drug-likeness (QED) is 0.831. The van der Waals surface area contributed by atoms with Gasteiger partial charge in [-0.05, 0) is 31.9 Å².